The normalized spacial score (nSPS) is 10.3. The number of carbonyl (C=O) groups excluding carboxylic acids is 1. The van der Waals surface area contributed by atoms with Crippen molar-refractivity contribution in [2.75, 3.05) is 5.32 Å². The number of pyridine rings is 1. The van der Waals surface area contributed by atoms with E-state index in [1.54, 1.807) is 26.1 Å². The highest BCUT2D eigenvalue weighted by atomic mass is 79.9. The Kier molecular flexibility index (Phi) is 3.84. The molecule has 8 heteroatoms. The van der Waals surface area contributed by atoms with E-state index in [0.29, 0.717) is 16.0 Å². The van der Waals surface area contributed by atoms with Gasteiger partial charge in [0.05, 0.1) is 22.5 Å². The molecule has 0 aliphatic rings. The van der Waals surface area contributed by atoms with Crippen LogP contribution in [0.3, 0.4) is 0 Å². The lowest BCUT2D eigenvalue weighted by atomic mass is 10.3. The summed E-state index contributed by atoms with van der Waals surface area (Å²) >= 11 is 3.24. The topological polar surface area (TPSA) is 90.1 Å². The van der Waals surface area contributed by atoms with Crippen LogP contribution in [0.1, 0.15) is 16.2 Å². The summed E-state index contributed by atoms with van der Waals surface area (Å²) in [7, 11) is 1.58. The Labute approximate surface area is 122 Å². The number of anilines is 1. The zero-order chi connectivity index (χ0) is 14.9. The third kappa shape index (κ3) is 2.85. The van der Waals surface area contributed by atoms with Crippen molar-refractivity contribution in [2.24, 2.45) is 7.05 Å². The summed E-state index contributed by atoms with van der Waals surface area (Å²) in [4.78, 5) is 26.4. The van der Waals surface area contributed by atoms with Crippen LogP contribution in [0.5, 0.6) is 0 Å². The summed E-state index contributed by atoms with van der Waals surface area (Å²) in [5.74, 6) is -0.423. The number of hydrogen-bond donors (Lipinski definition) is 1. The number of aromatic nitrogens is 2. The SMILES string of the molecule is Cc1nc(Br)ccc1NC(=O)c1cc([N+](=O)[O-])cn1C. The molecule has 2 rings (SSSR count). The van der Waals surface area contributed by atoms with E-state index in [-0.39, 0.29) is 11.4 Å². The molecular weight excluding hydrogens is 328 g/mol. The predicted molar refractivity (Wildman–Crippen MR) is 76.7 cm³/mol. The quantitative estimate of drug-likeness (QED) is 0.529. The van der Waals surface area contributed by atoms with E-state index in [1.165, 1.54) is 16.8 Å². The number of nitrogens with one attached hydrogen (secondary N) is 1. The Balaban J connectivity index is 2.26. The van der Waals surface area contributed by atoms with Crippen molar-refractivity contribution in [2.45, 2.75) is 6.92 Å². The van der Waals surface area contributed by atoms with Gasteiger partial charge in [-0.15, -0.1) is 0 Å². The van der Waals surface area contributed by atoms with E-state index < -0.39 is 10.8 Å². The second-order valence-corrected chi connectivity index (χ2v) is 4.99. The molecule has 0 unspecified atom stereocenters. The van der Waals surface area contributed by atoms with Crippen molar-refractivity contribution >= 4 is 33.2 Å². The summed E-state index contributed by atoms with van der Waals surface area (Å²) in [6, 6.07) is 4.65. The maximum atomic E-state index is 12.1. The number of amides is 1. The van der Waals surface area contributed by atoms with Crippen LogP contribution >= 0.6 is 15.9 Å². The van der Waals surface area contributed by atoms with Gasteiger partial charge in [0, 0.05) is 13.1 Å². The van der Waals surface area contributed by atoms with Crippen molar-refractivity contribution in [1.82, 2.24) is 9.55 Å². The second kappa shape index (κ2) is 5.41. The Bertz CT molecular complexity index is 696. The van der Waals surface area contributed by atoms with Gasteiger partial charge in [0.1, 0.15) is 10.3 Å². The number of aryl methyl sites for hydroxylation is 2. The van der Waals surface area contributed by atoms with Crippen molar-refractivity contribution in [3.63, 3.8) is 0 Å². The van der Waals surface area contributed by atoms with Crippen molar-refractivity contribution in [1.29, 1.82) is 0 Å². The third-order valence-electron chi connectivity index (χ3n) is 2.73. The summed E-state index contributed by atoms with van der Waals surface area (Å²) in [6.45, 7) is 1.76. The second-order valence-electron chi connectivity index (χ2n) is 4.17. The van der Waals surface area contributed by atoms with Gasteiger partial charge < -0.3 is 9.88 Å². The lowest BCUT2D eigenvalue weighted by Gasteiger charge is -2.08. The van der Waals surface area contributed by atoms with Crippen LogP contribution in [0.25, 0.3) is 0 Å². The maximum absolute atomic E-state index is 12.1. The molecule has 20 heavy (non-hydrogen) atoms. The zero-order valence-corrected chi connectivity index (χ0v) is 12.3. The van der Waals surface area contributed by atoms with Gasteiger partial charge >= 0.3 is 0 Å². The van der Waals surface area contributed by atoms with Gasteiger partial charge in [-0.05, 0) is 35.0 Å². The minimum absolute atomic E-state index is 0.122. The molecule has 0 aromatic carbocycles. The average molecular weight is 339 g/mol. The fourth-order valence-electron chi connectivity index (χ4n) is 1.72. The minimum atomic E-state index is -0.538. The molecule has 0 spiro atoms. The summed E-state index contributed by atoms with van der Waals surface area (Å²) in [5, 5.41) is 13.4. The number of hydrogen-bond acceptors (Lipinski definition) is 4. The molecule has 0 bridgehead atoms. The Morgan fingerprint density at radius 3 is 2.75 bits per heavy atom. The fraction of sp³-hybridized carbons (Fsp3) is 0.167. The van der Waals surface area contributed by atoms with Crippen LogP contribution in [0.4, 0.5) is 11.4 Å². The van der Waals surface area contributed by atoms with E-state index in [4.69, 9.17) is 0 Å². The molecule has 0 saturated carbocycles. The Morgan fingerprint density at radius 1 is 1.50 bits per heavy atom. The molecule has 2 aromatic heterocycles. The smallest absolute Gasteiger partial charge is 0.287 e. The molecule has 2 heterocycles. The first-order chi connectivity index (χ1) is 9.38. The maximum Gasteiger partial charge on any atom is 0.287 e. The van der Waals surface area contributed by atoms with Gasteiger partial charge in [0.15, 0.2) is 0 Å². The van der Waals surface area contributed by atoms with Gasteiger partial charge in [-0.1, -0.05) is 0 Å². The zero-order valence-electron chi connectivity index (χ0n) is 10.8. The minimum Gasteiger partial charge on any atom is -0.340 e. The standard InChI is InChI=1S/C12H11BrN4O3/c1-7-9(3-4-11(13)14-7)15-12(18)10-5-8(17(19)20)6-16(10)2/h3-6H,1-2H3,(H,15,18). The van der Waals surface area contributed by atoms with Gasteiger partial charge in [0.2, 0.25) is 0 Å². The highest BCUT2D eigenvalue weighted by molar-refractivity contribution is 9.10. The number of halogens is 1. The van der Waals surface area contributed by atoms with Gasteiger partial charge in [-0.3, -0.25) is 14.9 Å². The number of rotatable bonds is 3. The fourth-order valence-corrected chi connectivity index (χ4v) is 2.12. The van der Waals surface area contributed by atoms with Crippen molar-refractivity contribution in [3.05, 3.63) is 50.5 Å². The molecule has 0 saturated heterocycles. The van der Waals surface area contributed by atoms with Crippen molar-refractivity contribution < 1.29 is 9.72 Å². The first-order valence-electron chi connectivity index (χ1n) is 5.63. The molecule has 0 aliphatic heterocycles. The van der Waals surface area contributed by atoms with Crippen LogP contribution in [-0.4, -0.2) is 20.4 Å². The van der Waals surface area contributed by atoms with Gasteiger partial charge in [-0.2, -0.15) is 0 Å². The van der Waals surface area contributed by atoms with Crippen LogP contribution < -0.4 is 5.32 Å². The molecule has 2 aromatic rings. The molecule has 104 valence electrons. The molecule has 1 N–H and O–H groups in total. The van der Waals surface area contributed by atoms with Crippen LogP contribution in [-0.2, 0) is 7.05 Å². The first kappa shape index (κ1) is 14.2. The molecular formula is C12H11BrN4O3. The Morgan fingerprint density at radius 2 is 2.20 bits per heavy atom. The number of nitro groups is 1. The number of carbonyl (C=O) groups is 1. The molecule has 7 nitrogen and oxygen atoms in total. The average Bonchev–Trinajstić information content (AvgIpc) is 2.75. The molecule has 0 fully saturated rings. The van der Waals surface area contributed by atoms with Crippen LogP contribution in [0.2, 0.25) is 0 Å². The largest absolute Gasteiger partial charge is 0.340 e. The highest BCUT2D eigenvalue weighted by Crippen LogP contribution is 2.19. The highest BCUT2D eigenvalue weighted by Gasteiger charge is 2.18. The van der Waals surface area contributed by atoms with E-state index in [9.17, 15) is 14.9 Å². The monoisotopic (exact) mass is 338 g/mol. The van der Waals surface area contributed by atoms with Crippen LogP contribution in [0, 0.1) is 17.0 Å². The lowest BCUT2D eigenvalue weighted by Crippen LogP contribution is -2.16. The van der Waals surface area contributed by atoms with E-state index in [1.807, 2.05) is 0 Å². The summed E-state index contributed by atoms with van der Waals surface area (Å²) in [5.41, 5.74) is 1.29. The number of nitrogens with zero attached hydrogens (tertiary/aromatic N) is 3. The van der Waals surface area contributed by atoms with Crippen molar-refractivity contribution in [3.8, 4) is 0 Å². The predicted octanol–water partition coefficient (Wildman–Crippen LogP) is 2.65. The molecule has 0 aliphatic carbocycles. The summed E-state index contributed by atoms with van der Waals surface area (Å²) < 4.78 is 2.08. The van der Waals surface area contributed by atoms with Gasteiger partial charge in [0.25, 0.3) is 11.6 Å². The molecule has 1 amide bonds. The van der Waals surface area contributed by atoms with Crippen LogP contribution in [0.15, 0.2) is 29.0 Å². The summed E-state index contributed by atoms with van der Waals surface area (Å²) in [6.07, 6.45) is 1.29. The van der Waals surface area contributed by atoms with E-state index in [2.05, 4.69) is 26.2 Å². The van der Waals surface area contributed by atoms with Gasteiger partial charge in [-0.25, -0.2) is 4.98 Å². The molecule has 0 atom stereocenters. The Hall–Kier alpha value is -2.22. The first-order valence-corrected chi connectivity index (χ1v) is 6.43. The van der Waals surface area contributed by atoms with E-state index >= 15 is 0 Å². The lowest BCUT2D eigenvalue weighted by molar-refractivity contribution is -0.384. The third-order valence-corrected chi connectivity index (χ3v) is 3.18. The molecule has 0 radical (unpaired) electrons. The van der Waals surface area contributed by atoms with E-state index in [0.717, 1.165) is 0 Å².